The van der Waals surface area contributed by atoms with Crippen LogP contribution in [0.25, 0.3) is 0 Å². The fourth-order valence-electron chi connectivity index (χ4n) is 7.49. The van der Waals surface area contributed by atoms with E-state index in [4.69, 9.17) is 5.26 Å². The number of amides is 1. The quantitative estimate of drug-likeness (QED) is 0.720. The number of likely N-dealkylation sites (tertiary alicyclic amines) is 1. The summed E-state index contributed by atoms with van der Waals surface area (Å²) >= 11 is 0. The minimum atomic E-state index is 0.0866. The molecule has 4 aliphatic rings. The number of nitrogens with one attached hydrogen (secondary N) is 1. The van der Waals surface area contributed by atoms with Crippen molar-refractivity contribution in [2.45, 2.75) is 50.5 Å². The molecule has 0 radical (unpaired) electrons. The van der Waals surface area contributed by atoms with E-state index in [-0.39, 0.29) is 11.5 Å². The van der Waals surface area contributed by atoms with Gasteiger partial charge in [-0.05, 0) is 79.3 Å². The smallest absolute Gasteiger partial charge is 0.229 e. The van der Waals surface area contributed by atoms with Crippen molar-refractivity contribution in [3.63, 3.8) is 0 Å². The Hall–Kier alpha value is -2.84. The van der Waals surface area contributed by atoms with Crippen LogP contribution in [0, 0.1) is 29.1 Å². The molecule has 0 aromatic heterocycles. The molecular formula is C30H36N4O. The summed E-state index contributed by atoms with van der Waals surface area (Å²) in [5.74, 6) is 1.73. The van der Waals surface area contributed by atoms with Crippen LogP contribution in [0.1, 0.15) is 55.2 Å². The van der Waals surface area contributed by atoms with Crippen molar-refractivity contribution < 1.29 is 4.79 Å². The van der Waals surface area contributed by atoms with E-state index in [0.29, 0.717) is 23.3 Å². The highest BCUT2D eigenvalue weighted by molar-refractivity contribution is 5.82. The van der Waals surface area contributed by atoms with Crippen molar-refractivity contribution in [2.24, 2.45) is 17.8 Å². The number of carbonyl (C=O) groups is 1. The number of hydrogen-bond acceptors (Lipinski definition) is 4. The SMILES string of the molecule is N#Cc1ccc(N2CC(C(=O)N3CCC(C4(C5CCCC5)NCCc5ccccc54)CC3)C2)cc1. The fourth-order valence-corrected chi connectivity index (χ4v) is 7.49. The molecule has 2 aromatic rings. The van der Waals surface area contributed by atoms with Crippen LogP contribution in [0.2, 0.25) is 0 Å². The molecule has 0 spiro atoms. The molecule has 1 saturated carbocycles. The molecule has 3 fully saturated rings. The molecule has 1 atom stereocenters. The van der Waals surface area contributed by atoms with E-state index in [1.54, 1.807) is 5.56 Å². The summed E-state index contributed by atoms with van der Waals surface area (Å²) in [4.78, 5) is 17.7. The lowest BCUT2D eigenvalue weighted by atomic mass is 9.63. The lowest BCUT2D eigenvalue weighted by molar-refractivity contribution is -0.138. The highest BCUT2D eigenvalue weighted by atomic mass is 16.2. The summed E-state index contributed by atoms with van der Waals surface area (Å²) in [6.07, 6.45) is 8.67. The van der Waals surface area contributed by atoms with Gasteiger partial charge in [-0.2, -0.15) is 5.26 Å². The number of fused-ring (bicyclic) bond motifs is 1. The van der Waals surface area contributed by atoms with Crippen LogP contribution in [-0.2, 0) is 16.8 Å². The van der Waals surface area contributed by atoms with Gasteiger partial charge in [-0.15, -0.1) is 0 Å². The molecule has 3 aliphatic heterocycles. The van der Waals surface area contributed by atoms with Gasteiger partial charge in [-0.1, -0.05) is 37.1 Å². The maximum absolute atomic E-state index is 13.3. The summed E-state index contributed by atoms with van der Waals surface area (Å²) in [5.41, 5.74) is 4.96. The number of carbonyl (C=O) groups excluding carboxylic acids is 1. The monoisotopic (exact) mass is 468 g/mol. The Balaban J connectivity index is 1.12. The first-order valence-electron chi connectivity index (χ1n) is 13.6. The molecule has 1 aliphatic carbocycles. The molecule has 2 saturated heterocycles. The Morgan fingerprint density at radius 1 is 0.943 bits per heavy atom. The molecular weight excluding hydrogens is 432 g/mol. The number of nitrogens with zero attached hydrogens (tertiary/aromatic N) is 3. The van der Waals surface area contributed by atoms with Gasteiger partial charge in [0.1, 0.15) is 0 Å². The van der Waals surface area contributed by atoms with Crippen molar-refractivity contribution >= 4 is 11.6 Å². The predicted octanol–water partition coefficient (Wildman–Crippen LogP) is 4.46. The van der Waals surface area contributed by atoms with Crippen LogP contribution < -0.4 is 10.2 Å². The highest BCUT2D eigenvalue weighted by Crippen LogP contribution is 2.50. The van der Waals surface area contributed by atoms with Crippen LogP contribution in [0.4, 0.5) is 5.69 Å². The first kappa shape index (κ1) is 22.6. The molecule has 35 heavy (non-hydrogen) atoms. The van der Waals surface area contributed by atoms with E-state index in [9.17, 15) is 4.79 Å². The van der Waals surface area contributed by atoms with Gasteiger partial charge in [-0.25, -0.2) is 0 Å². The van der Waals surface area contributed by atoms with E-state index >= 15 is 0 Å². The summed E-state index contributed by atoms with van der Waals surface area (Å²) in [6.45, 7) is 4.40. The lowest BCUT2D eigenvalue weighted by Crippen LogP contribution is -2.60. The van der Waals surface area contributed by atoms with Gasteiger partial charge in [0, 0.05) is 44.0 Å². The maximum atomic E-state index is 13.3. The van der Waals surface area contributed by atoms with Crippen LogP contribution >= 0.6 is 0 Å². The number of benzene rings is 2. The van der Waals surface area contributed by atoms with Gasteiger partial charge < -0.3 is 15.1 Å². The second-order valence-electron chi connectivity index (χ2n) is 11.0. The molecule has 5 nitrogen and oxygen atoms in total. The number of hydrogen-bond donors (Lipinski definition) is 1. The molecule has 1 N–H and O–H groups in total. The van der Waals surface area contributed by atoms with Gasteiger partial charge >= 0.3 is 0 Å². The molecule has 5 heteroatoms. The molecule has 0 bridgehead atoms. The summed E-state index contributed by atoms with van der Waals surface area (Å²) < 4.78 is 0. The van der Waals surface area contributed by atoms with Gasteiger partial charge in [-0.3, -0.25) is 4.79 Å². The van der Waals surface area contributed by atoms with E-state index < -0.39 is 0 Å². The predicted molar refractivity (Wildman–Crippen MR) is 138 cm³/mol. The average Bonchev–Trinajstić information content (AvgIpc) is 3.43. The standard InChI is InChI=1S/C30H36N4O/c31-19-22-9-11-27(12-10-22)34-20-24(21-34)29(35)33-17-14-26(15-18-33)30(25-6-2-3-7-25)28-8-4-1-5-23(28)13-16-32-30/h1,4-5,8-12,24-26,32H,2-3,6-7,13-18,20-21H2. The highest BCUT2D eigenvalue weighted by Gasteiger charge is 2.50. The number of nitriles is 1. The summed E-state index contributed by atoms with van der Waals surface area (Å²) in [5, 5.41) is 13.1. The number of piperidine rings is 1. The first-order valence-corrected chi connectivity index (χ1v) is 13.6. The average molecular weight is 469 g/mol. The zero-order chi connectivity index (χ0) is 23.8. The second-order valence-corrected chi connectivity index (χ2v) is 11.0. The molecule has 182 valence electrons. The molecule has 1 unspecified atom stereocenters. The number of rotatable bonds is 4. The lowest BCUT2D eigenvalue weighted by Gasteiger charge is -2.52. The Morgan fingerprint density at radius 3 is 2.34 bits per heavy atom. The third-order valence-electron chi connectivity index (χ3n) is 9.32. The Bertz CT molecular complexity index is 1100. The first-order chi connectivity index (χ1) is 17.2. The van der Waals surface area contributed by atoms with Gasteiger partial charge in [0.15, 0.2) is 0 Å². The molecule has 3 heterocycles. The van der Waals surface area contributed by atoms with Gasteiger partial charge in [0.05, 0.1) is 17.6 Å². The van der Waals surface area contributed by atoms with E-state index in [0.717, 1.165) is 57.7 Å². The summed E-state index contributed by atoms with van der Waals surface area (Å²) in [6, 6.07) is 19.0. The van der Waals surface area contributed by atoms with Crippen molar-refractivity contribution in [1.29, 1.82) is 5.26 Å². The zero-order valence-corrected chi connectivity index (χ0v) is 20.6. The number of anilines is 1. The van der Waals surface area contributed by atoms with Crippen LogP contribution in [0.5, 0.6) is 0 Å². The van der Waals surface area contributed by atoms with Gasteiger partial charge in [0.25, 0.3) is 0 Å². The Kier molecular flexibility index (Phi) is 6.02. The van der Waals surface area contributed by atoms with Crippen molar-refractivity contribution in [3.8, 4) is 6.07 Å². The minimum absolute atomic E-state index is 0.0866. The van der Waals surface area contributed by atoms with Crippen molar-refractivity contribution in [2.75, 3.05) is 37.6 Å². The van der Waals surface area contributed by atoms with E-state index in [2.05, 4.69) is 45.5 Å². The molecule has 2 aromatic carbocycles. The Morgan fingerprint density at radius 2 is 1.63 bits per heavy atom. The van der Waals surface area contributed by atoms with E-state index in [1.807, 2.05) is 24.3 Å². The Labute approximate surface area is 209 Å². The van der Waals surface area contributed by atoms with Crippen molar-refractivity contribution in [1.82, 2.24) is 10.2 Å². The molecule has 6 rings (SSSR count). The third kappa shape index (κ3) is 3.93. The molecule has 1 amide bonds. The third-order valence-corrected chi connectivity index (χ3v) is 9.32. The second kappa shape index (κ2) is 9.32. The van der Waals surface area contributed by atoms with Crippen LogP contribution in [0.3, 0.4) is 0 Å². The van der Waals surface area contributed by atoms with Gasteiger partial charge in [0.2, 0.25) is 5.91 Å². The van der Waals surface area contributed by atoms with Crippen LogP contribution in [0.15, 0.2) is 48.5 Å². The normalized spacial score (nSPS) is 25.7. The maximum Gasteiger partial charge on any atom is 0.229 e. The fraction of sp³-hybridized carbons (Fsp3) is 0.533. The minimum Gasteiger partial charge on any atom is -0.370 e. The van der Waals surface area contributed by atoms with Crippen LogP contribution in [-0.4, -0.2) is 43.5 Å². The van der Waals surface area contributed by atoms with E-state index in [1.165, 1.54) is 31.2 Å². The largest absolute Gasteiger partial charge is 0.370 e. The summed E-state index contributed by atoms with van der Waals surface area (Å²) in [7, 11) is 0. The zero-order valence-electron chi connectivity index (χ0n) is 20.6. The van der Waals surface area contributed by atoms with Crippen molar-refractivity contribution in [3.05, 3.63) is 65.2 Å². The topological polar surface area (TPSA) is 59.4 Å².